The SMILES string of the molecule is CNCc1ccc(N(C)C(=O)OC(C)(C)C)nc1. The van der Waals surface area contributed by atoms with Crippen LogP contribution < -0.4 is 10.2 Å². The Morgan fingerprint density at radius 1 is 1.44 bits per heavy atom. The maximum absolute atomic E-state index is 11.8. The number of pyridine rings is 1. The molecule has 1 aromatic heterocycles. The molecule has 0 aliphatic heterocycles. The standard InChI is InChI=1S/C13H21N3O2/c1-13(2,3)18-12(17)16(5)11-7-6-10(8-14-4)9-15-11/h6-7,9,14H,8H2,1-5H3. The van der Waals surface area contributed by atoms with E-state index in [4.69, 9.17) is 4.74 Å². The molecule has 0 saturated heterocycles. The van der Waals surface area contributed by atoms with E-state index in [1.165, 1.54) is 4.90 Å². The van der Waals surface area contributed by atoms with E-state index in [1.807, 2.05) is 33.9 Å². The first-order valence-electron chi connectivity index (χ1n) is 5.90. The second-order valence-corrected chi connectivity index (χ2v) is 5.09. The number of carbonyl (C=O) groups is 1. The summed E-state index contributed by atoms with van der Waals surface area (Å²) in [4.78, 5) is 17.5. The Labute approximate surface area is 108 Å². The van der Waals surface area contributed by atoms with Gasteiger partial charge in [-0.25, -0.2) is 9.78 Å². The van der Waals surface area contributed by atoms with E-state index in [0.717, 1.165) is 12.1 Å². The molecule has 5 heteroatoms. The summed E-state index contributed by atoms with van der Waals surface area (Å²) >= 11 is 0. The number of anilines is 1. The molecule has 0 fully saturated rings. The smallest absolute Gasteiger partial charge is 0.415 e. The fourth-order valence-electron chi connectivity index (χ4n) is 1.35. The molecule has 0 atom stereocenters. The number of amides is 1. The van der Waals surface area contributed by atoms with Crippen LogP contribution in [0.1, 0.15) is 26.3 Å². The Morgan fingerprint density at radius 2 is 2.11 bits per heavy atom. The average Bonchev–Trinajstić information content (AvgIpc) is 2.27. The zero-order valence-corrected chi connectivity index (χ0v) is 11.7. The summed E-state index contributed by atoms with van der Waals surface area (Å²) in [6, 6.07) is 3.73. The van der Waals surface area contributed by atoms with Crippen LogP contribution in [0, 0.1) is 0 Å². The van der Waals surface area contributed by atoms with Crippen LogP contribution in [0.15, 0.2) is 18.3 Å². The predicted octanol–water partition coefficient (Wildman–Crippen LogP) is 2.17. The van der Waals surface area contributed by atoms with Crippen LogP contribution in [0.4, 0.5) is 10.6 Å². The Balaban J connectivity index is 2.71. The normalized spacial score (nSPS) is 11.2. The van der Waals surface area contributed by atoms with Crippen LogP contribution in [0.2, 0.25) is 0 Å². The maximum Gasteiger partial charge on any atom is 0.415 e. The molecule has 100 valence electrons. The highest BCUT2D eigenvalue weighted by Gasteiger charge is 2.20. The van der Waals surface area contributed by atoms with Gasteiger partial charge < -0.3 is 10.1 Å². The number of ether oxygens (including phenoxy) is 1. The third-order valence-corrected chi connectivity index (χ3v) is 2.20. The lowest BCUT2D eigenvalue weighted by Gasteiger charge is -2.24. The van der Waals surface area contributed by atoms with Gasteiger partial charge in [-0.15, -0.1) is 0 Å². The molecule has 1 rings (SSSR count). The van der Waals surface area contributed by atoms with Gasteiger partial charge in [0.25, 0.3) is 0 Å². The van der Waals surface area contributed by atoms with Crippen molar-refractivity contribution in [1.29, 1.82) is 0 Å². The number of hydrogen-bond acceptors (Lipinski definition) is 4. The molecular weight excluding hydrogens is 230 g/mol. The van der Waals surface area contributed by atoms with Gasteiger partial charge in [-0.05, 0) is 39.4 Å². The summed E-state index contributed by atoms with van der Waals surface area (Å²) in [7, 11) is 3.52. The van der Waals surface area contributed by atoms with E-state index in [1.54, 1.807) is 19.3 Å². The molecule has 0 saturated carbocycles. The predicted molar refractivity (Wildman–Crippen MR) is 71.6 cm³/mol. The third kappa shape index (κ3) is 4.33. The topological polar surface area (TPSA) is 54.5 Å². The zero-order valence-electron chi connectivity index (χ0n) is 11.7. The Morgan fingerprint density at radius 3 is 2.56 bits per heavy atom. The lowest BCUT2D eigenvalue weighted by Crippen LogP contribution is -2.34. The van der Waals surface area contributed by atoms with Crippen LogP contribution in [0.25, 0.3) is 0 Å². The van der Waals surface area contributed by atoms with Crippen molar-refractivity contribution in [3.63, 3.8) is 0 Å². The molecule has 0 bridgehead atoms. The van der Waals surface area contributed by atoms with Gasteiger partial charge in [0.05, 0.1) is 0 Å². The minimum atomic E-state index is -0.503. The molecular formula is C13H21N3O2. The molecule has 0 aliphatic carbocycles. The molecule has 1 heterocycles. The number of carbonyl (C=O) groups excluding carboxylic acids is 1. The molecule has 0 aliphatic rings. The van der Waals surface area contributed by atoms with E-state index >= 15 is 0 Å². The van der Waals surface area contributed by atoms with Crippen molar-refractivity contribution in [2.45, 2.75) is 32.9 Å². The number of nitrogens with one attached hydrogen (secondary N) is 1. The fraction of sp³-hybridized carbons (Fsp3) is 0.538. The largest absolute Gasteiger partial charge is 0.443 e. The van der Waals surface area contributed by atoms with E-state index in [2.05, 4.69) is 10.3 Å². The quantitative estimate of drug-likeness (QED) is 0.894. The first kappa shape index (κ1) is 14.4. The van der Waals surface area contributed by atoms with E-state index < -0.39 is 11.7 Å². The van der Waals surface area contributed by atoms with Crippen molar-refractivity contribution in [2.24, 2.45) is 0 Å². The van der Waals surface area contributed by atoms with Crippen molar-refractivity contribution >= 4 is 11.9 Å². The van der Waals surface area contributed by atoms with Crippen molar-refractivity contribution < 1.29 is 9.53 Å². The Hall–Kier alpha value is -1.62. The molecule has 0 spiro atoms. The minimum absolute atomic E-state index is 0.406. The van der Waals surface area contributed by atoms with Crippen LogP contribution in [0.3, 0.4) is 0 Å². The summed E-state index contributed by atoms with van der Waals surface area (Å²) in [5, 5.41) is 3.04. The number of aromatic nitrogens is 1. The lowest BCUT2D eigenvalue weighted by atomic mass is 10.2. The molecule has 1 amide bonds. The van der Waals surface area contributed by atoms with E-state index in [9.17, 15) is 4.79 Å². The summed E-state index contributed by atoms with van der Waals surface area (Å²) in [5.41, 5.74) is 0.566. The summed E-state index contributed by atoms with van der Waals surface area (Å²) in [6.07, 6.45) is 1.34. The van der Waals surface area contributed by atoms with Gasteiger partial charge in [0.1, 0.15) is 11.4 Å². The average molecular weight is 251 g/mol. The van der Waals surface area contributed by atoms with Gasteiger partial charge in [-0.2, -0.15) is 0 Å². The van der Waals surface area contributed by atoms with Crippen LogP contribution in [0.5, 0.6) is 0 Å². The van der Waals surface area contributed by atoms with E-state index in [-0.39, 0.29) is 0 Å². The first-order chi connectivity index (χ1) is 8.33. The summed E-state index contributed by atoms with van der Waals surface area (Å²) in [6.45, 7) is 6.26. The van der Waals surface area contributed by atoms with Crippen LogP contribution in [-0.4, -0.2) is 30.8 Å². The third-order valence-electron chi connectivity index (χ3n) is 2.20. The number of nitrogens with zero attached hydrogens (tertiary/aromatic N) is 2. The van der Waals surface area contributed by atoms with Gasteiger partial charge in [0.2, 0.25) is 0 Å². The molecule has 1 aromatic rings. The summed E-state index contributed by atoms with van der Waals surface area (Å²) in [5.74, 6) is 0.573. The summed E-state index contributed by atoms with van der Waals surface area (Å²) < 4.78 is 5.27. The molecule has 0 aromatic carbocycles. The first-order valence-corrected chi connectivity index (χ1v) is 5.90. The van der Waals surface area contributed by atoms with E-state index in [0.29, 0.717) is 5.82 Å². The molecule has 0 radical (unpaired) electrons. The second-order valence-electron chi connectivity index (χ2n) is 5.09. The number of rotatable bonds is 3. The highest BCUT2D eigenvalue weighted by atomic mass is 16.6. The van der Waals surface area contributed by atoms with Crippen LogP contribution >= 0.6 is 0 Å². The molecule has 5 nitrogen and oxygen atoms in total. The van der Waals surface area contributed by atoms with Gasteiger partial charge >= 0.3 is 6.09 Å². The monoisotopic (exact) mass is 251 g/mol. The van der Waals surface area contributed by atoms with Crippen molar-refractivity contribution in [1.82, 2.24) is 10.3 Å². The van der Waals surface area contributed by atoms with Gasteiger partial charge in [0, 0.05) is 19.8 Å². The molecule has 18 heavy (non-hydrogen) atoms. The van der Waals surface area contributed by atoms with Gasteiger partial charge in [-0.3, -0.25) is 4.90 Å². The molecule has 0 unspecified atom stereocenters. The zero-order chi connectivity index (χ0) is 13.8. The highest BCUT2D eigenvalue weighted by molar-refractivity contribution is 5.85. The second kappa shape index (κ2) is 5.82. The van der Waals surface area contributed by atoms with Gasteiger partial charge in [0.15, 0.2) is 0 Å². The Kier molecular flexibility index (Phi) is 4.67. The van der Waals surface area contributed by atoms with Crippen molar-refractivity contribution in [3.05, 3.63) is 23.9 Å². The van der Waals surface area contributed by atoms with Crippen LogP contribution in [-0.2, 0) is 11.3 Å². The fourth-order valence-corrected chi connectivity index (χ4v) is 1.35. The minimum Gasteiger partial charge on any atom is -0.443 e. The van der Waals surface area contributed by atoms with Gasteiger partial charge in [-0.1, -0.05) is 6.07 Å². The lowest BCUT2D eigenvalue weighted by molar-refractivity contribution is 0.0588. The Bertz CT molecular complexity index is 396. The van der Waals surface area contributed by atoms with Crippen molar-refractivity contribution in [3.8, 4) is 0 Å². The number of hydrogen-bond donors (Lipinski definition) is 1. The maximum atomic E-state index is 11.8. The molecule has 1 N–H and O–H groups in total. The highest BCUT2D eigenvalue weighted by Crippen LogP contribution is 2.14. The van der Waals surface area contributed by atoms with Crippen molar-refractivity contribution in [2.75, 3.05) is 19.0 Å².